The number of nitrogens with one attached hydrogen (secondary N) is 1. The number of ether oxygens (including phenoxy) is 1. The van der Waals surface area contributed by atoms with Crippen molar-refractivity contribution in [2.75, 3.05) is 6.61 Å². The number of para-hydroxylation sites is 1. The van der Waals surface area contributed by atoms with Gasteiger partial charge in [-0.3, -0.25) is 0 Å². The highest BCUT2D eigenvalue weighted by atomic mass is 16.5. The van der Waals surface area contributed by atoms with Gasteiger partial charge in [-0.25, -0.2) is 4.79 Å². The van der Waals surface area contributed by atoms with Crippen LogP contribution in [0.5, 0.6) is 5.75 Å². The molecule has 2 heterocycles. The highest BCUT2D eigenvalue weighted by Gasteiger charge is 2.32. The quantitative estimate of drug-likeness (QED) is 0.436. The van der Waals surface area contributed by atoms with Crippen molar-refractivity contribution in [3.63, 3.8) is 0 Å². The third-order valence-electron chi connectivity index (χ3n) is 6.02. The first-order valence-corrected chi connectivity index (χ1v) is 11.3. The molecule has 33 heavy (non-hydrogen) atoms. The fourth-order valence-corrected chi connectivity index (χ4v) is 4.48. The van der Waals surface area contributed by atoms with Gasteiger partial charge in [0.05, 0.1) is 24.9 Å². The third kappa shape index (κ3) is 4.22. The van der Waals surface area contributed by atoms with Crippen LogP contribution in [0.2, 0.25) is 0 Å². The summed E-state index contributed by atoms with van der Waals surface area (Å²) in [6.45, 7) is 3.59. The molecule has 1 aromatic heterocycles. The van der Waals surface area contributed by atoms with Crippen LogP contribution in [0.15, 0.2) is 97.2 Å². The number of hydrogen-bond acceptors (Lipinski definition) is 2. The second-order valence-corrected chi connectivity index (χ2v) is 8.11. The minimum atomic E-state index is -0.237. The van der Waals surface area contributed by atoms with Crippen molar-refractivity contribution in [3.8, 4) is 11.4 Å². The lowest BCUT2D eigenvalue weighted by Gasteiger charge is -2.31. The van der Waals surface area contributed by atoms with Crippen LogP contribution in [0.4, 0.5) is 4.79 Å². The summed E-state index contributed by atoms with van der Waals surface area (Å²) in [5.41, 5.74) is 5.38. The normalized spacial score (nSPS) is 14.7. The number of rotatable bonds is 5. The van der Waals surface area contributed by atoms with Gasteiger partial charge in [0.25, 0.3) is 0 Å². The number of hydrogen-bond donors (Lipinski definition) is 1. The van der Waals surface area contributed by atoms with Gasteiger partial charge in [0.1, 0.15) is 5.75 Å². The molecular weight excluding hydrogens is 410 g/mol. The van der Waals surface area contributed by atoms with Crippen molar-refractivity contribution in [2.45, 2.75) is 26.1 Å². The van der Waals surface area contributed by atoms with Crippen molar-refractivity contribution >= 4 is 6.03 Å². The van der Waals surface area contributed by atoms with Gasteiger partial charge < -0.3 is 19.5 Å². The van der Waals surface area contributed by atoms with E-state index in [-0.39, 0.29) is 12.1 Å². The number of nitrogens with zero attached hydrogens (tertiary/aromatic N) is 2. The Bertz CT molecular complexity index is 1230. The topological polar surface area (TPSA) is 46.5 Å². The van der Waals surface area contributed by atoms with Crippen molar-refractivity contribution in [2.24, 2.45) is 0 Å². The Morgan fingerprint density at radius 2 is 1.70 bits per heavy atom. The number of fused-ring (bicyclic) bond motifs is 3. The average Bonchev–Trinajstić information content (AvgIpc) is 3.28. The molecule has 3 aromatic carbocycles. The van der Waals surface area contributed by atoms with Crippen molar-refractivity contribution in [1.82, 2.24) is 14.8 Å². The van der Waals surface area contributed by atoms with E-state index in [4.69, 9.17) is 4.74 Å². The van der Waals surface area contributed by atoms with Crippen LogP contribution >= 0.6 is 0 Å². The van der Waals surface area contributed by atoms with Crippen LogP contribution in [0.25, 0.3) is 5.69 Å². The number of aromatic nitrogens is 1. The first kappa shape index (κ1) is 20.9. The second kappa shape index (κ2) is 9.25. The molecule has 5 rings (SSSR count). The van der Waals surface area contributed by atoms with Crippen LogP contribution < -0.4 is 10.1 Å². The lowest BCUT2D eigenvalue weighted by atomic mass is 10.0. The van der Waals surface area contributed by atoms with Crippen LogP contribution in [0.3, 0.4) is 0 Å². The molecule has 0 aliphatic carbocycles. The molecule has 1 N–H and O–H groups in total. The second-order valence-electron chi connectivity index (χ2n) is 8.11. The maximum Gasteiger partial charge on any atom is 0.318 e. The zero-order valence-electron chi connectivity index (χ0n) is 18.6. The maximum absolute atomic E-state index is 13.6. The number of amides is 2. The number of carbonyl (C=O) groups is 1. The Hall–Kier alpha value is -3.99. The highest BCUT2D eigenvalue weighted by Crippen LogP contribution is 2.37. The molecule has 166 valence electrons. The fourth-order valence-electron chi connectivity index (χ4n) is 4.48. The van der Waals surface area contributed by atoms with Crippen molar-refractivity contribution < 1.29 is 9.53 Å². The monoisotopic (exact) mass is 437 g/mol. The van der Waals surface area contributed by atoms with E-state index in [0.717, 1.165) is 33.8 Å². The Labute approximate surface area is 194 Å². The maximum atomic E-state index is 13.6. The van der Waals surface area contributed by atoms with Gasteiger partial charge in [0.15, 0.2) is 0 Å². The van der Waals surface area contributed by atoms with Crippen LogP contribution in [0, 0.1) is 0 Å². The molecule has 0 spiro atoms. The summed E-state index contributed by atoms with van der Waals surface area (Å²) in [7, 11) is 0. The summed E-state index contributed by atoms with van der Waals surface area (Å²) in [5, 5.41) is 3.13. The molecule has 0 fully saturated rings. The molecule has 1 aliphatic rings. The molecule has 0 saturated carbocycles. The summed E-state index contributed by atoms with van der Waals surface area (Å²) in [5.74, 6) is 0.827. The number of benzene rings is 3. The van der Waals surface area contributed by atoms with E-state index < -0.39 is 0 Å². The van der Waals surface area contributed by atoms with E-state index in [1.54, 1.807) is 0 Å². The summed E-state index contributed by atoms with van der Waals surface area (Å²) >= 11 is 0. The molecule has 0 unspecified atom stereocenters. The molecule has 1 aliphatic heterocycles. The molecule has 0 radical (unpaired) electrons. The van der Waals surface area contributed by atoms with Crippen LogP contribution in [-0.2, 0) is 13.1 Å². The third-order valence-corrected chi connectivity index (χ3v) is 6.02. The Balaban J connectivity index is 1.54. The molecule has 4 aromatic rings. The Morgan fingerprint density at radius 3 is 2.48 bits per heavy atom. The van der Waals surface area contributed by atoms with Gasteiger partial charge in [-0.2, -0.15) is 0 Å². The Morgan fingerprint density at radius 1 is 0.939 bits per heavy atom. The molecule has 0 bridgehead atoms. The van der Waals surface area contributed by atoms with Gasteiger partial charge in [-0.1, -0.05) is 60.7 Å². The molecule has 5 nitrogen and oxygen atoms in total. The van der Waals surface area contributed by atoms with Crippen LogP contribution in [-0.4, -0.2) is 22.1 Å². The first-order chi connectivity index (χ1) is 16.2. The van der Waals surface area contributed by atoms with E-state index >= 15 is 0 Å². The van der Waals surface area contributed by atoms with E-state index in [9.17, 15) is 4.79 Å². The lowest BCUT2D eigenvalue weighted by molar-refractivity contribution is 0.180. The molecular formula is C28H27N3O2. The Kier molecular flexibility index (Phi) is 5.85. The van der Waals surface area contributed by atoms with E-state index in [1.807, 2.05) is 72.5 Å². The smallest absolute Gasteiger partial charge is 0.318 e. The summed E-state index contributed by atoms with van der Waals surface area (Å²) < 4.78 is 7.84. The lowest BCUT2D eigenvalue weighted by Crippen LogP contribution is -2.41. The van der Waals surface area contributed by atoms with Gasteiger partial charge >= 0.3 is 6.03 Å². The fraction of sp³-hybridized carbons (Fsp3) is 0.179. The van der Waals surface area contributed by atoms with Gasteiger partial charge in [-0.15, -0.1) is 0 Å². The van der Waals surface area contributed by atoms with E-state index in [0.29, 0.717) is 19.7 Å². The largest absolute Gasteiger partial charge is 0.494 e. The molecule has 5 heteroatoms. The molecule has 2 amide bonds. The molecule has 1 atom stereocenters. The first-order valence-electron chi connectivity index (χ1n) is 11.3. The highest BCUT2D eigenvalue weighted by molar-refractivity contribution is 5.76. The summed E-state index contributed by atoms with van der Waals surface area (Å²) in [6.07, 6.45) is 2.07. The van der Waals surface area contributed by atoms with Gasteiger partial charge in [0.2, 0.25) is 0 Å². The van der Waals surface area contributed by atoms with E-state index in [2.05, 4.69) is 46.4 Å². The number of urea groups is 1. The zero-order chi connectivity index (χ0) is 22.6. The van der Waals surface area contributed by atoms with E-state index in [1.165, 1.54) is 0 Å². The van der Waals surface area contributed by atoms with Crippen LogP contribution in [0.1, 0.15) is 35.3 Å². The van der Waals surface area contributed by atoms with Gasteiger partial charge in [-0.05, 0) is 53.9 Å². The van der Waals surface area contributed by atoms with Gasteiger partial charge in [0, 0.05) is 18.4 Å². The summed E-state index contributed by atoms with van der Waals surface area (Å²) in [4.78, 5) is 15.5. The minimum absolute atomic E-state index is 0.0952. The van der Waals surface area contributed by atoms with Crippen molar-refractivity contribution in [3.05, 3.63) is 120 Å². The predicted molar refractivity (Wildman–Crippen MR) is 129 cm³/mol. The van der Waals surface area contributed by atoms with Crippen molar-refractivity contribution in [1.29, 1.82) is 0 Å². The predicted octanol–water partition coefficient (Wildman–Crippen LogP) is 5.69. The SMILES string of the molecule is CCOc1ccc([C@@H]2c3cccn3-c3ccccc3CN2C(=O)NCc2ccccc2)cc1. The zero-order valence-corrected chi connectivity index (χ0v) is 18.6. The standard InChI is InChI=1S/C28H27N3O2/c1-2-33-24-16-14-22(15-17-24)27-26-13-8-18-30(26)25-12-7-6-11-23(25)20-31(27)28(32)29-19-21-9-4-3-5-10-21/h3-18,27H,2,19-20H2,1H3,(H,29,32)/t27-/m1/s1. The average molecular weight is 438 g/mol. The number of carbonyl (C=O) groups excluding carboxylic acids is 1. The summed E-state index contributed by atoms with van der Waals surface area (Å²) in [6, 6.07) is 30.1. The minimum Gasteiger partial charge on any atom is -0.494 e. The molecule has 0 saturated heterocycles.